The number of rotatable bonds is 4. The number of hydrogen-bond acceptors (Lipinski definition) is 5. The van der Waals surface area contributed by atoms with Crippen LogP contribution in [0.3, 0.4) is 0 Å². The Balaban J connectivity index is 1.62. The molecule has 2 aromatic heterocycles. The van der Waals surface area contributed by atoms with Gasteiger partial charge in [-0.3, -0.25) is 4.79 Å². The van der Waals surface area contributed by atoms with Gasteiger partial charge in [0.15, 0.2) is 16.0 Å². The smallest absolute Gasteiger partial charge is 0.291 e. The van der Waals surface area contributed by atoms with E-state index in [1.807, 2.05) is 24.3 Å². The van der Waals surface area contributed by atoms with E-state index in [4.69, 9.17) is 13.6 Å². The number of aromatic nitrogens is 1. The molecule has 0 radical (unpaired) electrons. The van der Waals surface area contributed by atoms with Crippen molar-refractivity contribution in [3.8, 4) is 17.2 Å². The second-order valence-electron chi connectivity index (χ2n) is 5.49. The first kappa shape index (κ1) is 16.4. The SMILES string of the molecule is COc1cccc(-c2nc3cc(NC(=O)c4ccc(Br)o4)ccc3o2)c1. The van der Waals surface area contributed by atoms with Crippen molar-refractivity contribution >= 4 is 38.6 Å². The van der Waals surface area contributed by atoms with Crippen molar-refractivity contribution in [3.05, 3.63) is 65.0 Å². The molecule has 6 nitrogen and oxygen atoms in total. The minimum atomic E-state index is -0.341. The Bertz CT molecular complexity index is 1100. The topological polar surface area (TPSA) is 77.5 Å². The molecule has 4 aromatic rings. The van der Waals surface area contributed by atoms with Crippen LogP contribution in [-0.4, -0.2) is 18.0 Å². The molecule has 4 rings (SSSR count). The van der Waals surface area contributed by atoms with E-state index in [9.17, 15) is 4.79 Å². The van der Waals surface area contributed by atoms with Crippen molar-refractivity contribution in [2.75, 3.05) is 12.4 Å². The standard InChI is InChI=1S/C19H13BrN2O4/c1-24-13-4-2-3-11(9-13)19-22-14-10-12(5-6-15(14)26-19)21-18(23)16-7-8-17(20)25-16/h2-10H,1H3,(H,21,23). The van der Waals surface area contributed by atoms with Crippen LogP contribution in [0.2, 0.25) is 0 Å². The van der Waals surface area contributed by atoms with Gasteiger partial charge in [-0.25, -0.2) is 4.98 Å². The first-order chi connectivity index (χ1) is 12.6. The zero-order valence-electron chi connectivity index (χ0n) is 13.7. The van der Waals surface area contributed by atoms with E-state index in [-0.39, 0.29) is 11.7 Å². The van der Waals surface area contributed by atoms with E-state index < -0.39 is 0 Å². The van der Waals surface area contributed by atoms with Gasteiger partial charge in [0, 0.05) is 11.3 Å². The Morgan fingerprint density at radius 1 is 1.12 bits per heavy atom. The van der Waals surface area contributed by atoms with E-state index in [2.05, 4.69) is 26.2 Å². The summed E-state index contributed by atoms with van der Waals surface area (Å²) in [7, 11) is 1.61. The fourth-order valence-corrected chi connectivity index (χ4v) is 2.82. The van der Waals surface area contributed by atoms with Crippen LogP contribution in [-0.2, 0) is 0 Å². The summed E-state index contributed by atoms with van der Waals surface area (Å²) in [6.07, 6.45) is 0. The van der Waals surface area contributed by atoms with Gasteiger partial charge in [-0.05, 0) is 64.5 Å². The van der Waals surface area contributed by atoms with Gasteiger partial charge >= 0.3 is 0 Å². The summed E-state index contributed by atoms with van der Waals surface area (Å²) in [6.45, 7) is 0. The quantitative estimate of drug-likeness (QED) is 0.503. The highest BCUT2D eigenvalue weighted by molar-refractivity contribution is 9.10. The first-order valence-electron chi connectivity index (χ1n) is 7.74. The predicted molar refractivity (Wildman–Crippen MR) is 100 cm³/mol. The number of nitrogens with zero attached hydrogens (tertiary/aromatic N) is 1. The highest BCUT2D eigenvalue weighted by Gasteiger charge is 2.13. The third-order valence-electron chi connectivity index (χ3n) is 3.76. The van der Waals surface area contributed by atoms with Crippen molar-refractivity contribution < 1.29 is 18.4 Å². The summed E-state index contributed by atoms with van der Waals surface area (Å²) in [6, 6.07) is 16.0. The van der Waals surface area contributed by atoms with Gasteiger partial charge in [-0.15, -0.1) is 0 Å². The van der Waals surface area contributed by atoms with E-state index in [1.165, 1.54) is 0 Å². The number of nitrogens with one attached hydrogen (secondary N) is 1. The van der Waals surface area contributed by atoms with Gasteiger partial charge in [-0.2, -0.15) is 0 Å². The lowest BCUT2D eigenvalue weighted by Gasteiger charge is -2.02. The maximum Gasteiger partial charge on any atom is 0.291 e. The van der Waals surface area contributed by atoms with Crippen molar-refractivity contribution in [1.82, 2.24) is 4.98 Å². The Morgan fingerprint density at radius 2 is 2.00 bits per heavy atom. The lowest BCUT2D eigenvalue weighted by atomic mass is 10.2. The number of carbonyl (C=O) groups is 1. The Morgan fingerprint density at radius 3 is 2.77 bits per heavy atom. The molecule has 130 valence electrons. The highest BCUT2D eigenvalue weighted by atomic mass is 79.9. The number of hydrogen-bond donors (Lipinski definition) is 1. The van der Waals surface area contributed by atoms with Crippen LogP contribution in [0, 0.1) is 0 Å². The number of methoxy groups -OCH3 is 1. The minimum Gasteiger partial charge on any atom is -0.497 e. The molecule has 0 unspecified atom stereocenters. The minimum absolute atomic E-state index is 0.217. The van der Waals surface area contributed by atoms with Crippen molar-refractivity contribution in [2.24, 2.45) is 0 Å². The second kappa shape index (κ2) is 6.68. The number of furan rings is 1. The van der Waals surface area contributed by atoms with Gasteiger partial charge in [0.2, 0.25) is 5.89 Å². The third-order valence-corrected chi connectivity index (χ3v) is 4.19. The fourth-order valence-electron chi connectivity index (χ4n) is 2.51. The van der Waals surface area contributed by atoms with Gasteiger partial charge in [0.05, 0.1) is 7.11 Å². The summed E-state index contributed by atoms with van der Waals surface area (Å²) in [5.41, 5.74) is 2.68. The van der Waals surface area contributed by atoms with E-state index >= 15 is 0 Å². The van der Waals surface area contributed by atoms with Gasteiger partial charge in [-0.1, -0.05) is 6.07 Å². The number of amides is 1. The Labute approximate surface area is 156 Å². The molecule has 0 bridgehead atoms. The van der Waals surface area contributed by atoms with E-state index in [1.54, 1.807) is 37.4 Å². The van der Waals surface area contributed by atoms with Crippen LogP contribution < -0.4 is 10.1 Å². The summed E-state index contributed by atoms with van der Waals surface area (Å²) in [4.78, 5) is 16.7. The molecule has 0 fully saturated rings. The third kappa shape index (κ3) is 3.21. The first-order valence-corrected chi connectivity index (χ1v) is 8.53. The zero-order valence-corrected chi connectivity index (χ0v) is 15.2. The van der Waals surface area contributed by atoms with Crippen molar-refractivity contribution in [3.63, 3.8) is 0 Å². The molecule has 2 aromatic carbocycles. The molecule has 0 aliphatic rings. The monoisotopic (exact) mass is 412 g/mol. The van der Waals surface area contributed by atoms with E-state index in [0.29, 0.717) is 27.3 Å². The summed E-state index contributed by atoms with van der Waals surface area (Å²) < 4.78 is 16.8. The maximum absolute atomic E-state index is 12.2. The molecular formula is C19H13BrN2O4. The van der Waals surface area contributed by atoms with Crippen molar-refractivity contribution in [1.29, 1.82) is 0 Å². The summed E-state index contributed by atoms with van der Waals surface area (Å²) in [5, 5.41) is 2.78. The second-order valence-corrected chi connectivity index (χ2v) is 6.27. The van der Waals surface area contributed by atoms with Gasteiger partial charge in [0.1, 0.15) is 11.3 Å². The molecule has 26 heavy (non-hydrogen) atoms. The maximum atomic E-state index is 12.2. The number of fused-ring (bicyclic) bond motifs is 1. The molecule has 1 amide bonds. The van der Waals surface area contributed by atoms with Crippen LogP contribution in [0.15, 0.2) is 68.1 Å². The highest BCUT2D eigenvalue weighted by Crippen LogP contribution is 2.28. The van der Waals surface area contributed by atoms with Gasteiger partial charge in [0.25, 0.3) is 5.91 Å². The molecule has 0 aliphatic carbocycles. The molecule has 0 aliphatic heterocycles. The van der Waals surface area contributed by atoms with Crippen LogP contribution in [0.25, 0.3) is 22.6 Å². The molecule has 0 spiro atoms. The Kier molecular flexibility index (Phi) is 4.22. The normalized spacial score (nSPS) is 10.8. The van der Waals surface area contributed by atoms with Gasteiger partial charge < -0.3 is 18.9 Å². The largest absolute Gasteiger partial charge is 0.497 e. The number of benzene rings is 2. The fraction of sp³-hybridized carbons (Fsp3) is 0.0526. The number of anilines is 1. The number of halogens is 1. The zero-order chi connectivity index (χ0) is 18.1. The molecule has 7 heteroatoms. The Hall–Kier alpha value is -3.06. The van der Waals surface area contributed by atoms with E-state index in [0.717, 1.165) is 11.3 Å². The molecule has 0 atom stereocenters. The van der Waals surface area contributed by atoms with Crippen LogP contribution >= 0.6 is 15.9 Å². The molecule has 0 saturated carbocycles. The number of carbonyl (C=O) groups excluding carboxylic acids is 1. The summed E-state index contributed by atoms with van der Waals surface area (Å²) in [5.74, 6) is 1.08. The predicted octanol–water partition coefficient (Wildman–Crippen LogP) is 5.11. The number of ether oxygens (including phenoxy) is 1. The number of oxazole rings is 1. The average molecular weight is 413 g/mol. The lowest BCUT2D eigenvalue weighted by molar-refractivity contribution is 0.0995. The van der Waals surface area contributed by atoms with Crippen LogP contribution in [0.4, 0.5) is 5.69 Å². The summed E-state index contributed by atoms with van der Waals surface area (Å²) >= 11 is 3.18. The lowest BCUT2D eigenvalue weighted by Crippen LogP contribution is -2.10. The van der Waals surface area contributed by atoms with Crippen molar-refractivity contribution in [2.45, 2.75) is 0 Å². The molecule has 0 saturated heterocycles. The van der Waals surface area contributed by atoms with Crippen LogP contribution in [0.5, 0.6) is 5.75 Å². The molecule has 1 N–H and O–H groups in total. The van der Waals surface area contributed by atoms with Crippen LogP contribution in [0.1, 0.15) is 10.6 Å². The molecular weight excluding hydrogens is 400 g/mol. The molecule has 2 heterocycles. The average Bonchev–Trinajstić information content (AvgIpc) is 3.27.